The van der Waals surface area contributed by atoms with E-state index >= 15 is 0 Å². The van der Waals surface area contributed by atoms with Crippen LogP contribution in [0.2, 0.25) is 0 Å². The quantitative estimate of drug-likeness (QED) is 0.839. The number of aromatic nitrogens is 2. The molecule has 0 spiro atoms. The Labute approximate surface area is 96.6 Å². The molecule has 0 radical (unpaired) electrons. The van der Waals surface area contributed by atoms with Crippen molar-refractivity contribution in [1.82, 2.24) is 9.78 Å². The molecule has 86 valence electrons. The Hall–Kier alpha value is -0.640. The highest BCUT2D eigenvalue weighted by molar-refractivity contribution is 7.99. The van der Waals surface area contributed by atoms with E-state index in [-0.39, 0.29) is 0 Å². The van der Waals surface area contributed by atoms with Crippen molar-refractivity contribution in [3.05, 3.63) is 11.3 Å². The standard InChI is InChI=1S/C11H21N3S/c1-6-12-11-10(7-15-8(2)3)9(4)13-14(11)5/h8,12H,6-7H2,1-5H3. The maximum atomic E-state index is 4.45. The highest BCUT2D eigenvalue weighted by Crippen LogP contribution is 2.25. The number of hydrogen-bond acceptors (Lipinski definition) is 3. The Kier molecular flexibility index (Phi) is 4.51. The molecule has 0 fully saturated rings. The van der Waals surface area contributed by atoms with Crippen LogP contribution in [0.1, 0.15) is 32.0 Å². The van der Waals surface area contributed by atoms with Crippen molar-refractivity contribution in [2.45, 2.75) is 38.7 Å². The van der Waals surface area contributed by atoms with Crippen LogP contribution >= 0.6 is 11.8 Å². The summed E-state index contributed by atoms with van der Waals surface area (Å²) in [5.41, 5.74) is 2.49. The molecule has 1 N–H and O–H groups in total. The molecule has 1 aromatic heterocycles. The van der Waals surface area contributed by atoms with Crippen LogP contribution in [0.3, 0.4) is 0 Å². The number of rotatable bonds is 5. The lowest BCUT2D eigenvalue weighted by Gasteiger charge is -2.09. The fourth-order valence-corrected chi connectivity index (χ4v) is 2.36. The minimum absolute atomic E-state index is 0.666. The molecule has 0 aromatic carbocycles. The van der Waals surface area contributed by atoms with Crippen molar-refractivity contribution in [3.63, 3.8) is 0 Å². The lowest BCUT2D eigenvalue weighted by molar-refractivity contribution is 0.760. The highest BCUT2D eigenvalue weighted by atomic mass is 32.2. The molecule has 0 saturated carbocycles. The summed E-state index contributed by atoms with van der Waals surface area (Å²) < 4.78 is 1.94. The second kappa shape index (κ2) is 5.45. The van der Waals surface area contributed by atoms with Crippen LogP contribution < -0.4 is 5.32 Å². The molecule has 4 heteroatoms. The van der Waals surface area contributed by atoms with Crippen LogP contribution in [-0.4, -0.2) is 21.6 Å². The van der Waals surface area contributed by atoms with Gasteiger partial charge in [0.05, 0.1) is 5.69 Å². The molecule has 0 aliphatic carbocycles. The predicted octanol–water partition coefficient (Wildman–Crippen LogP) is 2.80. The van der Waals surface area contributed by atoms with Gasteiger partial charge in [-0.05, 0) is 19.1 Å². The summed E-state index contributed by atoms with van der Waals surface area (Å²) in [5, 5.41) is 8.49. The maximum absolute atomic E-state index is 4.45. The molecule has 0 saturated heterocycles. The second-order valence-electron chi connectivity index (χ2n) is 3.93. The van der Waals surface area contributed by atoms with Gasteiger partial charge in [0, 0.05) is 24.9 Å². The molecular weight excluding hydrogens is 206 g/mol. The van der Waals surface area contributed by atoms with Gasteiger partial charge in [-0.25, -0.2) is 0 Å². The normalized spacial score (nSPS) is 11.1. The zero-order valence-corrected chi connectivity index (χ0v) is 11.1. The van der Waals surface area contributed by atoms with Gasteiger partial charge in [0.2, 0.25) is 0 Å². The third kappa shape index (κ3) is 3.16. The molecule has 0 atom stereocenters. The zero-order chi connectivity index (χ0) is 11.4. The fourth-order valence-electron chi connectivity index (χ4n) is 1.51. The zero-order valence-electron chi connectivity index (χ0n) is 10.3. The van der Waals surface area contributed by atoms with Crippen LogP contribution in [0, 0.1) is 6.92 Å². The smallest absolute Gasteiger partial charge is 0.128 e. The summed E-state index contributed by atoms with van der Waals surface area (Å²) in [6, 6.07) is 0. The molecule has 1 heterocycles. The number of aryl methyl sites for hydroxylation is 2. The van der Waals surface area contributed by atoms with Crippen molar-refractivity contribution in [3.8, 4) is 0 Å². The van der Waals surface area contributed by atoms with Crippen LogP contribution in [0.5, 0.6) is 0 Å². The number of nitrogens with zero attached hydrogens (tertiary/aromatic N) is 2. The molecule has 0 bridgehead atoms. The van der Waals surface area contributed by atoms with Gasteiger partial charge in [-0.1, -0.05) is 13.8 Å². The fraction of sp³-hybridized carbons (Fsp3) is 0.727. The Morgan fingerprint density at radius 1 is 1.47 bits per heavy atom. The first kappa shape index (κ1) is 12.4. The van der Waals surface area contributed by atoms with Crippen molar-refractivity contribution in [2.75, 3.05) is 11.9 Å². The first-order valence-corrected chi connectivity index (χ1v) is 6.49. The molecule has 0 aliphatic heterocycles. The van der Waals surface area contributed by atoms with E-state index in [0.29, 0.717) is 5.25 Å². The van der Waals surface area contributed by atoms with E-state index in [4.69, 9.17) is 0 Å². The van der Waals surface area contributed by atoms with Crippen LogP contribution in [-0.2, 0) is 12.8 Å². The molecule has 15 heavy (non-hydrogen) atoms. The molecule has 0 aliphatic rings. The molecule has 1 rings (SSSR count). The molecular formula is C11H21N3S. The van der Waals surface area contributed by atoms with Crippen LogP contribution in [0.15, 0.2) is 0 Å². The SMILES string of the molecule is CCNc1c(CSC(C)C)c(C)nn1C. The minimum atomic E-state index is 0.666. The van der Waals surface area contributed by atoms with Gasteiger partial charge in [-0.3, -0.25) is 4.68 Å². The molecule has 3 nitrogen and oxygen atoms in total. The van der Waals surface area contributed by atoms with Gasteiger partial charge in [0.15, 0.2) is 0 Å². The summed E-state index contributed by atoms with van der Waals surface area (Å²) >= 11 is 1.96. The van der Waals surface area contributed by atoms with Crippen molar-refractivity contribution < 1.29 is 0 Å². The van der Waals surface area contributed by atoms with Crippen molar-refractivity contribution >= 4 is 17.6 Å². The number of nitrogens with one attached hydrogen (secondary N) is 1. The van der Waals surface area contributed by atoms with Gasteiger partial charge in [-0.2, -0.15) is 16.9 Å². The van der Waals surface area contributed by atoms with E-state index in [2.05, 4.69) is 38.1 Å². The summed E-state index contributed by atoms with van der Waals surface area (Å²) in [6.07, 6.45) is 0. The lowest BCUT2D eigenvalue weighted by Crippen LogP contribution is -2.05. The number of anilines is 1. The van der Waals surface area contributed by atoms with Gasteiger partial charge in [0.25, 0.3) is 0 Å². The predicted molar refractivity (Wildman–Crippen MR) is 68.5 cm³/mol. The topological polar surface area (TPSA) is 29.9 Å². The number of thioether (sulfide) groups is 1. The Morgan fingerprint density at radius 3 is 2.67 bits per heavy atom. The molecule has 1 aromatic rings. The summed E-state index contributed by atoms with van der Waals surface area (Å²) in [6.45, 7) is 9.59. The van der Waals surface area contributed by atoms with Gasteiger partial charge in [0.1, 0.15) is 5.82 Å². The number of hydrogen-bond donors (Lipinski definition) is 1. The summed E-state index contributed by atoms with van der Waals surface area (Å²) in [5.74, 6) is 2.21. The van der Waals surface area contributed by atoms with Crippen LogP contribution in [0.25, 0.3) is 0 Å². The lowest BCUT2D eigenvalue weighted by atomic mass is 10.3. The van der Waals surface area contributed by atoms with Gasteiger partial charge < -0.3 is 5.32 Å². The Balaban J connectivity index is 2.83. The second-order valence-corrected chi connectivity index (χ2v) is 5.49. The Morgan fingerprint density at radius 2 is 2.13 bits per heavy atom. The van der Waals surface area contributed by atoms with Gasteiger partial charge in [-0.15, -0.1) is 0 Å². The van der Waals surface area contributed by atoms with Crippen LogP contribution in [0.4, 0.5) is 5.82 Å². The molecule has 0 unspecified atom stereocenters. The minimum Gasteiger partial charge on any atom is -0.370 e. The summed E-state index contributed by atoms with van der Waals surface area (Å²) in [4.78, 5) is 0. The third-order valence-electron chi connectivity index (χ3n) is 2.25. The average Bonchev–Trinajstić information content (AvgIpc) is 2.40. The van der Waals surface area contributed by atoms with E-state index in [1.54, 1.807) is 0 Å². The third-order valence-corrected chi connectivity index (χ3v) is 3.37. The van der Waals surface area contributed by atoms with E-state index in [1.165, 1.54) is 11.4 Å². The summed E-state index contributed by atoms with van der Waals surface area (Å²) in [7, 11) is 1.99. The van der Waals surface area contributed by atoms with E-state index in [9.17, 15) is 0 Å². The monoisotopic (exact) mass is 227 g/mol. The Bertz CT molecular complexity index is 318. The highest BCUT2D eigenvalue weighted by Gasteiger charge is 2.12. The van der Waals surface area contributed by atoms with E-state index < -0.39 is 0 Å². The van der Waals surface area contributed by atoms with Gasteiger partial charge >= 0.3 is 0 Å². The first-order chi connectivity index (χ1) is 7.06. The first-order valence-electron chi connectivity index (χ1n) is 5.44. The largest absolute Gasteiger partial charge is 0.370 e. The maximum Gasteiger partial charge on any atom is 0.128 e. The van der Waals surface area contributed by atoms with E-state index in [1.807, 2.05) is 23.5 Å². The van der Waals surface area contributed by atoms with Crippen molar-refractivity contribution in [1.29, 1.82) is 0 Å². The average molecular weight is 227 g/mol. The van der Waals surface area contributed by atoms with E-state index in [0.717, 1.165) is 18.0 Å². The van der Waals surface area contributed by atoms with Crippen molar-refractivity contribution in [2.24, 2.45) is 7.05 Å². The molecule has 0 amide bonds.